The van der Waals surface area contributed by atoms with E-state index in [0.717, 1.165) is 13.0 Å². The van der Waals surface area contributed by atoms with Crippen LogP contribution in [-0.4, -0.2) is 29.6 Å². The van der Waals surface area contributed by atoms with Gasteiger partial charge < -0.3 is 13.3 Å². The van der Waals surface area contributed by atoms with E-state index in [4.69, 9.17) is 13.3 Å². The molecule has 0 aliphatic heterocycles. The van der Waals surface area contributed by atoms with E-state index in [9.17, 15) is 0 Å². The Morgan fingerprint density at radius 2 is 1.67 bits per heavy atom. The summed E-state index contributed by atoms with van der Waals surface area (Å²) in [5.41, 5.74) is 0. The molecule has 0 atom stereocenters. The normalized spacial score (nSPS) is 12.5. The first-order valence-electron chi connectivity index (χ1n) is 4.28. The first-order chi connectivity index (χ1) is 5.54. The van der Waals surface area contributed by atoms with Crippen molar-refractivity contribution in [1.82, 2.24) is 0 Å². The van der Waals surface area contributed by atoms with E-state index >= 15 is 0 Å². The van der Waals surface area contributed by atoms with E-state index in [-0.39, 0.29) is 0 Å². The van der Waals surface area contributed by atoms with Gasteiger partial charge in [0.2, 0.25) is 0 Å². The van der Waals surface area contributed by atoms with E-state index in [2.05, 4.69) is 13.8 Å². The minimum Gasteiger partial charge on any atom is -0.377 e. The van der Waals surface area contributed by atoms with Gasteiger partial charge in [-0.3, -0.25) is 0 Å². The van der Waals surface area contributed by atoms with Crippen LogP contribution in [0.3, 0.4) is 0 Å². The Balaban J connectivity index is 3.58. The monoisotopic (exact) mass is 192 g/mol. The molecule has 0 aliphatic rings. The van der Waals surface area contributed by atoms with Crippen LogP contribution in [0.15, 0.2) is 0 Å². The molecule has 0 aliphatic carbocycles. The smallest absolute Gasteiger partial charge is 0.377 e. The molecule has 0 rings (SSSR count). The summed E-state index contributed by atoms with van der Waals surface area (Å²) in [5, 5.41) is 0. The summed E-state index contributed by atoms with van der Waals surface area (Å²) in [6.07, 6.45) is 1.05. The van der Waals surface area contributed by atoms with Crippen LogP contribution in [0, 0.1) is 5.92 Å². The highest BCUT2D eigenvalue weighted by atomic mass is 28.4. The summed E-state index contributed by atoms with van der Waals surface area (Å²) in [6, 6.07) is 0. The summed E-state index contributed by atoms with van der Waals surface area (Å²) < 4.78 is 15.9. The molecular weight excluding hydrogens is 172 g/mol. The van der Waals surface area contributed by atoms with E-state index in [0.29, 0.717) is 5.92 Å². The van der Waals surface area contributed by atoms with Gasteiger partial charge in [0.25, 0.3) is 0 Å². The zero-order chi connectivity index (χ0) is 9.61. The van der Waals surface area contributed by atoms with Gasteiger partial charge in [0.15, 0.2) is 0 Å². The fraction of sp³-hybridized carbons (Fsp3) is 1.00. The van der Waals surface area contributed by atoms with Gasteiger partial charge in [0.05, 0.1) is 0 Å². The SMILES string of the molecule is CO[Si](C)(OC)OCCC(C)C. The number of hydrogen-bond donors (Lipinski definition) is 0. The average molecular weight is 192 g/mol. The van der Waals surface area contributed by atoms with Gasteiger partial charge in [-0.05, 0) is 12.3 Å². The maximum atomic E-state index is 5.53. The van der Waals surface area contributed by atoms with Crippen LogP contribution in [-0.2, 0) is 13.3 Å². The van der Waals surface area contributed by atoms with Crippen LogP contribution >= 0.6 is 0 Å². The second kappa shape index (κ2) is 5.69. The second-order valence-electron chi connectivity index (χ2n) is 3.30. The van der Waals surface area contributed by atoms with E-state index in [1.165, 1.54) is 0 Å². The zero-order valence-electron chi connectivity index (χ0n) is 8.72. The number of hydrogen-bond acceptors (Lipinski definition) is 3. The van der Waals surface area contributed by atoms with Crippen molar-refractivity contribution < 1.29 is 13.3 Å². The molecule has 0 spiro atoms. The Labute approximate surface area is 76.4 Å². The molecule has 0 saturated heterocycles. The molecule has 0 aromatic carbocycles. The molecule has 0 saturated carbocycles. The third-order valence-electron chi connectivity index (χ3n) is 1.80. The van der Waals surface area contributed by atoms with Crippen molar-refractivity contribution in [2.75, 3.05) is 20.8 Å². The second-order valence-corrected chi connectivity index (χ2v) is 6.13. The van der Waals surface area contributed by atoms with Crippen molar-refractivity contribution >= 4 is 8.80 Å². The molecule has 4 heteroatoms. The molecule has 0 aromatic rings. The highest BCUT2D eigenvalue weighted by Gasteiger charge is 2.31. The molecular formula is C8H20O3Si. The lowest BCUT2D eigenvalue weighted by molar-refractivity contribution is 0.101. The van der Waals surface area contributed by atoms with Gasteiger partial charge in [-0.15, -0.1) is 0 Å². The van der Waals surface area contributed by atoms with E-state index in [1.54, 1.807) is 14.2 Å². The van der Waals surface area contributed by atoms with Crippen LogP contribution in [0.4, 0.5) is 0 Å². The van der Waals surface area contributed by atoms with Gasteiger partial charge in [0, 0.05) is 27.4 Å². The fourth-order valence-corrected chi connectivity index (χ4v) is 1.57. The van der Waals surface area contributed by atoms with Crippen molar-refractivity contribution in [3.8, 4) is 0 Å². The molecule has 0 bridgehead atoms. The highest BCUT2D eigenvalue weighted by molar-refractivity contribution is 6.59. The fourth-order valence-electron chi connectivity index (χ4n) is 0.681. The minimum atomic E-state index is -2.26. The lowest BCUT2D eigenvalue weighted by Gasteiger charge is -2.22. The molecule has 12 heavy (non-hydrogen) atoms. The van der Waals surface area contributed by atoms with Crippen molar-refractivity contribution in [3.63, 3.8) is 0 Å². The molecule has 0 fully saturated rings. The van der Waals surface area contributed by atoms with Crippen molar-refractivity contribution in [2.24, 2.45) is 5.92 Å². The Morgan fingerprint density at radius 3 is 2.00 bits per heavy atom. The predicted molar refractivity (Wildman–Crippen MR) is 51.0 cm³/mol. The zero-order valence-corrected chi connectivity index (χ0v) is 9.72. The molecule has 74 valence electrons. The van der Waals surface area contributed by atoms with Gasteiger partial charge in [0.1, 0.15) is 0 Å². The first kappa shape index (κ1) is 12.1. The summed E-state index contributed by atoms with van der Waals surface area (Å²) in [7, 11) is 0.996. The van der Waals surface area contributed by atoms with Crippen LogP contribution in [0.25, 0.3) is 0 Å². The molecule has 0 radical (unpaired) electrons. The third-order valence-corrected chi connectivity index (χ3v) is 4.01. The summed E-state index contributed by atoms with van der Waals surface area (Å²) in [4.78, 5) is 0. The summed E-state index contributed by atoms with van der Waals surface area (Å²) in [6.45, 7) is 6.96. The van der Waals surface area contributed by atoms with Crippen LogP contribution in [0.1, 0.15) is 20.3 Å². The van der Waals surface area contributed by atoms with Crippen molar-refractivity contribution in [2.45, 2.75) is 26.8 Å². The van der Waals surface area contributed by atoms with Crippen molar-refractivity contribution in [1.29, 1.82) is 0 Å². The Morgan fingerprint density at radius 1 is 1.17 bits per heavy atom. The highest BCUT2D eigenvalue weighted by Crippen LogP contribution is 2.08. The van der Waals surface area contributed by atoms with Gasteiger partial charge in [-0.2, -0.15) is 0 Å². The minimum absolute atomic E-state index is 0.664. The van der Waals surface area contributed by atoms with E-state index in [1.807, 2.05) is 6.55 Å². The average Bonchev–Trinajstić information content (AvgIpc) is 2.03. The lowest BCUT2D eigenvalue weighted by Crippen LogP contribution is -2.40. The quantitative estimate of drug-likeness (QED) is 0.602. The standard InChI is InChI=1S/C8H20O3Si/c1-8(2)6-7-11-12(5,9-3)10-4/h8H,6-7H2,1-5H3. The third kappa shape index (κ3) is 4.87. The van der Waals surface area contributed by atoms with Crippen LogP contribution in [0.5, 0.6) is 0 Å². The molecule has 0 N–H and O–H groups in total. The predicted octanol–water partition coefficient (Wildman–Crippen LogP) is 1.91. The first-order valence-corrected chi connectivity index (χ1v) is 6.51. The lowest BCUT2D eigenvalue weighted by atomic mass is 10.2. The molecule has 0 unspecified atom stereocenters. The summed E-state index contributed by atoms with van der Waals surface area (Å²) in [5.74, 6) is 0.664. The maximum Gasteiger partial charge on any atom is 0.497 e. The molecule has 0 aromatic heterocycles. The molecule has 0 heterocycles. The summed E-state index contributed by atoms with van der Waals surface area (Å²) >= 11 is 0. The van der Waals surface area contributed by atoms with Crippen molar-refractivity contribution in [3.05, 3.63) is 0 Å². The van der Waals surface area contributed by atoms with Gasteiger partial charge in [-0.1, -0.05) is 13.8 Å². The van der Waals surface area contributed by atoms with E-state index < -0.39 is 8.80 Å². The Kier molecular flexibility index (Phi) is 5.74. The van der Waals surface area contributed by atoms with Gasteiger partial charge >= 0.3 is 8.80 Å². The molecule has 3 nitrogen and oxygen atoms in total. The van der Waals surface area contributed by atoms with Crippen LogP contribution in [0.2, 0.25) is 6.55 Å². The topological polar surface area (TPSA) is 27.7 Å². The van der Waals surface area contributed by atoms with Crippen LogP contribution < -0.4 is 0 Å². The largest absolute Gasteiger partial charge is 0.497 e. The molecule has 0 amide bonds. The Bertz CT molecular complexity index is 113. The van der Waals surface area contributed by atoms with Gasteiger partial charge in [-0.25, -0.2) is 0 Å². The number of rotatable bonds is 6. The Hall–Kier alpha value is 0.0969. The maximum absolute atomic E-state index is 5.53.